The van der Waals surface area contributed by atoms with E-state index in [0.717, 1.165) is 10.4 Å². The topological polar surface area (TPSA) is 54.7 Å². The first-order valence-electron chi connectivity index (χ1n) is 4.23. The van der Waals surface area contributed by atoms with Crippen molar-refractivity contribution in [1.82, 2.24) is 9.97 Å². The van der Waals surface area contributed by atoms with E-state index in [2.05, 4.69) is 25.9 Å². The Bertz CT molecular complexity index is 267. The Kier molecular flexibility index (Phi) is 2.19. The van der Waals surface area contributed by atoms with Crippen LogP contribution in [-0.4, -0.2) is 9.97 Å². The van der Waals surface area contributed by atoms with Crippen LogP contribution in [0, 0.1) is 5.92 Å². The minimum Gasteiger partial charge on any atom is -0.335 e. The fourth-order valence-electron chi connectivity index (χ4n) is 1.50. The van der Waals surface area contributed by atoms with E-state index >= 15 is 0 Å². The molecule has 12 heavy (non-hydrogen) atoms. The number of aromatic nitrogens is 2. The van der Waals surface area contributed by atoms with Crippen LogP contribution in [0.2, 0.25) is 0 Å². The predicted octanol–water partition coefficient (Wildman–Crippen LogP) is 1.97. The average molecular weight is 230 g/mol. The molecule has 1 fully saturated rings. The lowest BCUT2D eigenvalue weighted by Crippen LogP contribution is -2.27. The number of nitrogens with zero attached hydrogens (tertiary/aromatic N) is 1. The third kappa shape index (κ3) is 1.41. The lowest BCUT2D eigenvalue weighted by atomic mass is 9.80. The van der Waals surface area contributed by atoms with Crippen LogP contribution < -0.4 is 5.73 Å². The van der Waals surface area contributed by atoms with Gasteiger partial charge in [0.05, 0.1) is 12.2 Å². The van der Waals surface area contributed by atoms with Crippen molar-refractivity contribution in [1.29, 1.82) is 0 Å². The molecule has 1 atom stereocenters. The molecule has 0 aromatic carbocycles. The zero-order valence-electron chi connectivity index (χ0n) is 6.76. The molecule has 2 rings (SSSR count). The number of hydrogen-bond donors (Lipinski definition) is 2. The maximum atomic E-state index is 6.00. The van der Waals surface area contributed by atoms with Crippen LogP contribution in [0.15, 0.2) is 10.8 Å². The van der Waals surface area contributed by atoms with Crippen LogP contribution in [0.4, 0.5) is 0 Å². The van der Waals surface area contributed by atoms with Gasteiger partial charge in [0, 0.05) is 0 Å². The molecule has 0 radical (unpaired) electrons. The molecule has 0 bridgehead atoms. The van der Waals surface area contributed by atoms with Crippen molar-refractivity contribution in [2.75, 3.05) is 0 Å². The first-order valence-corrected chi connectivity index (χ1v) is 5.02. The number of aromatic amines is 1. The summed E-state index contributed by atoms with van der Waals surface area (Å²) in [5.74, 6) is 1.55. The van der Waals surface area contributed by atoms with Crippen molar-refractivity contribution in [3.8, 4) is 0 Å². The number of imidazole rings is 1. The van der Waals surface area contributed by atoms with Gasteiger partial charge in [0.1, 0.15) is 10.4 Å². The monoisotopic (exact) mass is 229 g/mol. The summed E-state index contributed by atoms with van der Waals surface area (Å²) in [5, 5.41) is 0. The van der Waals surface area contributed by atoms with Gasteiger partial charge in [0.2, 0.25) is 0 Å². The maximum absolute atomic E-state index is 6.00. The van der Waals surface area contributed by atoms with Gasteiger partial charge in [-0.1, -0.05) is 6.42 Å². The molecule has 1 unspecified atom stereocenters. The van der Waals surface area contributed by atoms with Crippen molar-refractivity contribution in [3.63, 3.8) is 0 Å². The van der Waals surface area contributed by atoms with Crippen LogP contribution in [-0.2, 0) is 0 Å². The van der Waals surface area contributed by atoms with Crippen LogP contribution in [0.1, 0.15) is 31.1 Å². The molecule has 3 N–H and O–H groups in total. The summed E-state index contributed by atoms with van der Waals surface area (Å²) in [6.07, 6.45) is 5.58. The van der Waals surface area contributed by atoms with Gasteiger partial charge in [0.25, 0.3) is 0 Å². The molecule has 66 valence electrons. The molecule has 1 aliphatic carbocycles. The number of nitrogens with two attached hydrogens (primary N) is 1. The normalized spacial score (nSPS) is 20.5. The van der Waals surface area contributed by atoms with Crippen LogP contribution in [0.3, 0.4) is 0 Å². The second-order valence-electron chi connectivity index (χ2n) is 3.33. The molecule has 0 spiro atoms. The third-order valence-electron chi connectivity index (χ3n) is 2.54. The van der Waals surface area contributed by atoms with Crippen molar-refractivity contribution < 1.29 is 0 Å². The summed E-state index contributed by atoms with van der Waals surface area (Å²) in [7, 11) is 0. The van der Waals surface area contributed by atoms with Gasteiger partial charge in [-0.3, -0.25) is 0 Å². The number of nitrogens with one attached hydrogen (secondary N) is 1. The lowest BCUT2D eigenvalue weighted by molar-refractivity contribution is 0.258. The summed E-state index contributed by atoms with van der Waals surface area (Å²) in [6, 6.07) is 0.102. The summed E-state index contributed by atoms with van der Waals surface area (Å²) in [5.41, 5.74) is 6.00. The van der Waals surface area contributed by atoms with Crippen LogP contribution in [0.25, 0.3) is 0 Å². The molecule has 1 aliphatic rings. The predicted molar refractivity (Wildman–Crippen MR) is 50.6 cm³/mol. The van der Waals surface area contributed by atoms with Gasteiger partial charge in [-0.2, -0.15) is 0 Å². The highest BCUT2D eigenvalue weighted by Gasteiger charge is 2.27. The highest BCUT2D eigenvalue weighted by atomic mass is 79.9. The fraction of sp³-hybridized carbons (Fsp3) is 0.625. The van der Waals surface area contributed by atoms with Crippen molar-refractivity contribution in [2.45, 2.75) is 25.3 Å². The first-order chi connectivity index (χ1) is 5.77. The Morgan fingerprint density at radius 3 is 2.83 bits per heavy atom. The number of rotatable bonds is 2. The Morgan fingerprint density at radius 1 is 1.67 bits per heavy atom. The van der Waals surface area contributed by atoms with Gasteiger partial charge >= 0.3 is 0 Å². The van der Waals surface area contributed by atoms with E-state index in [-0.39, 0.29) is 6.04 Å². The molecular formula is C8H12BrN3. The number of halogens is 1. The van der Waals surface area contributed by atoms with Crippen LogP contribution >= 0.6 is 15.9 Å². The quantitative estimate of drug-likeness (QED) is 0.816. The van der Waals surface area contributed by atoms with Crippen LogP contribution in [0.5, 0.6) is 0 Å². The molecule has 1 aromatic rings. The molecule has 3 nitrogen and oxygen atoms in total. The van der Waals surface area contributed by atoms with E-state index in [1.54, 1.807) is 6.20 Å². The lowest BCUT2D eigenvalue weighted by Gasteiger charge is -2.29. The molecule has 0 aliphatic heterocycles. The molecule has 4 heteroatoms. The third-order valence-corrected chi connectivity index (χ3v) is 2.94. The van der Waals surface area contributed by atoms with E-state index in [1.807, 2.05) is 0 Å². The van der Waals surface area contributed by atoms with Crippen molar-refractivity contribution in [2.24, 2.45) is 11.7 Å². The highest BCUT2D eigenvalue weighted by molar-refractivity contribution is 9.10. The minimum absolute atomic E-state index is 0.102. The molecular weight excluding hydrogens is 218 g/mol. The van der Waals surface area contributed by atoms with E-state index in [0.29, 0.717) is 5.92 Å². The average Bonchev–Trinajstić information content (AvgIpc) is 2.31. The smallest absolute Gasteiger partial charge is 0.124 e. The van der Waals surface area contributed by atoms with Gasteiger partial charge in [-0.05, 0) is 34.7 Å². The minimum atomic E-state index is 0.102. The SMILES string of the molecule is NC(c1ncc(Br)[nH]1)C1CCC1. The maximum Gasteiger partial charge on any atom is 0.124 e. The number of H-pyrrole nitrogens is 1. The largest absolute Gasteiger partial charge is 0.335 e. The first kappa shape index (κ1) is 8.26. The summed E-state index contributed by atoms with van der Waals surface area (Å²) < 4.78 is 0.910. The van der Waals surface area contributed by atoms with Gasteiger partial charge in [0.15, 0.2) is 0 Å². The van der Waals surface area contributed by atoms with Gasteiger partial charge in [-0.15, -0.1) is 0 Å². The molecule has 1 heterocycles. The molecule has 0 amide bonds. The van der Waals surface area contributed by atoms with Crippen molar-refractivity contribution >= 4 is 15.9 Å². The van der Waals surface area contributed by atoms with Gasteiger partial charge < -0.3 is 10.7 Å². The summed E-state index contributed by atoms with van der Waals surface area (Å²) in [4.78, 5) is 7.30. The zero-order chi connectivity index (χ0) is 8.55. The fourth-order valence-corrected chi connectivity index (χ4v) is 1.81. The van der Waals surface area contributed by atoms with E-state index in [1.165, 1.54) is 19.3 Å². The summed E-state index contributed by atoms with van der Waals surface area (Å²) in [6.45, 7) is 0. The van der Waals surface area contributed by atoms with E-state index < -0.39 is 0 Å². The van der Waals surface area contributed by atoms with E-state index in [9.17, 15) is 0 Å². The second-order valence-corrected chi connectivity index (χ2v) is 4.19. The van der Waals surface area contributed by atoms with Gasteiger partial charge in [-0.25, -0.2) is 4.98 Å². The Balaban J connectivity index is 2.08. The molecule has 1 saturated carbocycles. The standard InChI is InChI=1S/C8H12BrN3/c9-6-4-11-8(12-6)7(10)5-2-1-3-5/h4-5,7H,1-3,10H2,(H,11,12). The second kappa shape index (κ2) is 3.18. The zero-order valence-corrected chi connectivity index (χ0v) is 8.34. The molecule has 1 aromatic heterocycles. The Hall–Kier alpha value is -0.350. The summed E-state index contributed by atoms with van der Waals surface area (Å²) >= 11 is 3.32. The van der Waals surface area contributed by atoms with E-state index in [4.69, 9.17) is 5.73 Å². The van der Waals surface area contributed by atoms with Crippen molar-refractivity contribution in [3.05, 3.63) is 16.6 Å². The number of hydrogen-bond acceptors (Lipinski definition) is 2. The Morgan fingerprint density at radius 2 is 2.42 bits per heavy atom. The Labute approximate surface area is 79.9 Å². The highest BCUT2D eigenvalue weighted by Crippen LogP contribution is 2.35. The molecule has 0 saturated heterocycles.